The molecule has 0 aliphatic heterocycles. The van der Waals surface area contributed by atoms with E-state index in [-0.39, 0.29) is 0 Å². The van der Waals surface area contributed by atoms with Crippen LogP contribution in [0.15, 0.2) is 24.3 Å². The fourth-order valence-corrected chi connectivity index (χ4v) is 2.67. The monoisotopic (exact) mass is 293 g/mol. The molecule has 0 aliphatic carbocycles. The summed E-state index contributed by atoms with van der Waals surface area (Å²) in [7, 11) is 0. The summed E-state index contributed by atoms with van der Waals surface area (Å²) in [5.74, 6) is -1.22. The molecule has 1 heterocycles. The maximum Gasteiger partial charge on any atom is 0.312 e. The van der Waals surface area contributed by atoms with E-state index in [2.05, 4.69) is 11.9 Å². The van der Waals surface area contributed by atoms with E-state index in [0.717, 1.165) is 42.3 Å². The van der Waals surface area contributed by atoms with Crippen LogP contribution in [-0.4, -0.2) is 16.1 Å². The molecule has 0 saturated heterocycles. The largest absolute Gasteiger partial charge is 0.481 e. The SMILES string of the molecule is CCCCCCC(C(=O)O)c1cc2ccc(Cl)cc2[nH]1. The number of unbranched alkanes of at least 4 members (excludes halogenated alkanes) is 3. The zero-order valence-electron chi connectivity index (χ0n) is 11.7. The summed E-state index contributed by atoms with van der Waals surface area (Å²) in [6, 6.07) is 7.48. The van der Waals surface area contributed by atoms with Crippen LogP contribution in [0.4, 0.5) is 0 Å². The molecule has 0 fully saturated rings. The van der Waals surface area contributed by atoms with Crippen LogP contribution in [0, 0.1) is 0 Å². The van der Waals surface area contributed by atoms with E-state index < -0.39 is 11.9 Å². The minimum absolute atomic E-state index is 0.460. The Balaban J connectivity index is 2.16. The van der Waals surface area contributed by atoms with Gasteiger partial charge >= 0.3 is 5.97 Å². The highest BCUT2D eigenvalue weighted by Gasteiger charge is 2.21. The number of aromatic amines is 1. The lowest BCUT2D eigenvalue weighted by atomic mass is 9.97. The first-order valence-corrected chi connectivity index (χ1v) is 7.50. The molecule has 1 aromatic carbocycles. The zero-order chi connectivity index (χ0) is 14.5. The Hall–Kier alpha value is -1.48. The van der Waals surface area contributed by atoms with Gasteiger partial charge in [0.05, 0.1) is 5.92 Å². The number of halogens is 1. The minimum atomic E-state index is -0.765. The highest BCUT2D eigenvalue weighted by molar-refractivity contribution is 6.31. The predicted molar refractivity (Wildman–Crippen MR) is 82.4 cm³/mol. The van der Waals surface area contributed by atoms with Crippen LogP contribution in [0.1, 0.15) is 50.6 Å². The maximum absolute atomic E-state index is 11.5. The average Bonchev–Trinajstić information content (AvgIpc) is 2.80. The molecule has 1 aromatic heterocycles. The van der Waals surface area contributed by atoms with Gasteiger partial charge in [-0.1, -0.05) is 50.3 Å². The smallest absolute Gasteiger partial charge is 0.312 e. The molecule has 20 heavy (non-hydrogen) atoms. The van der Waals surface area contributed by atoms with Crippen molar-refractivity contribution in [1.82, 2.24) is 4.98 Å². The molecule has 108 valence electrons. The summed E-state index contributed by atoms with van der Waals surface area (Å²) < 4.78 is 0. The maximum atomic E-state index is 11.5. The minimum Gasteiger partial charge on any atom is -0.481 e. The second kappa shape index (κ2) is 6.80. The molecule has 2 rings (SSSR count). The number of H-pyrrole nitrogens is 1. The number of carbonyl (C=O) groups is 1. The fourth-order valence-electron chi connectivity index (χ4n) is 2.50. The van der Waals surface area contributed by atoms with Gasteiger partial charge in [0.1, 0.15) is 0 Å². The van der Waals surface area contributed by atoms with Crippen molar-refractivity contribution in [2.45, 2.75) is 44.9 Å². The van der Waals surface area contributed by atoms with Crippen molar-refractivity contribution >= 4 is 28.5 Å². The van der Waals surface area contributed by atoms with Gasteiger partial charge in [-0.3, -0.25) is 4.79 Å². The van der Waals surface area contributed by atoms with Crippen molar-refractivity contribution in [3.05, 3.63) is 35.0 Å². The molecule has 0 aliphatic rings. The first-order valence-electron chi connectivity index (χ1n) is 7.12. The third-order valence-electron chi connectivity index (χ3n) is 3.63. The highest BCUT2D eigenvalue weighted by Crippen LogP contribution is 2.27. The number of nitrogens with one attached hydrogen (secondary N) is 1. The Morgan fingerprint density at radius 2 is 2.10 bits per heavy atom. The Kier molecular flexibility index (Phi) is 5.07. The second-order valence-electron chi connectivity index (χ2n) is 5.20. The van der Waals surface area contributed by atoms with Crippen molar-refractivity contribution in [2.75, 3.05) is 0 Å². The van der Waals surface area contributed by atoms with Gasteiger partial charge in [0, 0.05) is 16.2 Å². The molecule has 0 saturated carbocycles. The van der Waals surface area contributed by atoms with E-state index in [1.165, 1.54) is 0 Å². The Labute approximate surface area is 124 Å². The van der Waals surface area contributed by atoms with Crippen molar-refractivity contribution in [1.29, 1.82) is 0 Å². The molecule has 1 unspecified atom stereocenters. The van der Waals surface area contributed by atoms with Gasteiger partial charge < -0.3 is 10.1 Å². The number of carboxylic acids is 1. The lowest BCUT2D eigenvalue weighted by Gasteiger charge is -2.10. The van der Waals surface area contributed by atoms with Gasteiger partial charge in [-0.05, 0) is 30.0 Å². The summed E-state index contributed by atoms with van der Waals surface area (Å²) in [6.07, 6.45) is 5.03. The molecule has 0 bridgehead atoms. The normalized spacial score (nSPS) is 12.7. The number of hydrogen-bond acceptors (Lipinski definition) is 1. The number of aliphatic carboxylic acids is 1. The summed E-state index contributed by atoms with van der Waals surface area (Å²) in [5.41, 5.74) is 1.67. The first kappa shape index (κ1) is 14.9. The average molecular weight is 294 g/mol. The van der Waals surface area contributed by atoms with Crippen LogP contribution in [0.3, 0.4) is 0 Å². The molecule has 2 aromatic rings. The van der Waals surface area contributed by atoms with Crippen LogP contribution < -0.4 is 0 Å². The number of carboxylic acid groups (broad SMARTS) is 1. The van der Waals surface area contributed by atoms with Crippen molar-refractivity contribution in [2.24, 2.45) is 0 Å². The Bertz CT molecular complexity index is 591. The van der Waals surface area contributed by atoms with E-state index in [1.807, 2.05) is 24.3 Å². The van der Waals surface area contributed by atoms with Crippen LogP contribution >= 0.6 is 11.6 Å². The van der Waals surface area contributed by atoms with E-state index in [0.29, 0.717) is 11.4 Å². The standard InChI is InChI=1S/C16H20ClNO2/c1-2-3-4-5-6-13(16(19)20)15-9-11-7-8-12(17)10-14(11)18-15/h7-10,13,18H,2-6H2,1H3,(H,19,20). The van der Waals surface area contributed by atoms with E-state index in [1.54, 1.807) is 0 Å². The van der Waals surface area contributed by atoms with Crippen LogP contribution in [0.5, 0.6) is 0 Å². The van der Waals surface area contributed by atoms with Crippen molar-refractivity contribution in [3.8, 4) is 0 Å². The lowest BCUT2D eigenvalue weighted by molar-refractivity contribution is -0.139. The van der Waals surface area contributed by atoms with Crippen LogP contribution in [-0.2, 0) is 4.79 Å². The molecular formula is C16H20ClNO2. The van der Waals surface area contributed by atoms with Gasteiger partial charge in [-0.15, -0.1) is 0 Å². The molecule has 1 atom stereocenters. The zero-order valence-corrected chi connectivity index (χ0v) is 12.4. The Morgan fingerprint density at radius 3 is 2.80 bits per heavy atom. The van der Waals surface area contributed by atoms with Crippen LogP contribution in [0.25, 0.3) is 10.9 Å². The van der Waals surface area contributed by atoms with Gasteiger partial charge in [-0.25, -0.2) is 0 Å². The second-order valence-corrected chi connectivity index (χ2v) is 5.63. The van der Waals surface area contributed by atoms with Gasteiger partial charge in [0.25, 0.3) is 0 Å². The summed E-state index contributed by atoms with van der Waals surface area (Å²) in [6.45, 7) is 2.15. The summed E-state index contributed by atoms with van der Waals surface area (Å²) in [5, 5.41) is 11.1. The van der Waals surface area contributed by atoms with Crippen molar-refractivity contribution < 1.29 is 9.90 Å². The van der Waals surface area contributed by atoms with Gasteiger partial charge in [0.15, 0.2) is 0 Å². The number of rotatable bonds is 7. The summed E-state index contributed by atoms with van der Waals surface area (Å²) >= 11 is 5.95. The molecular weight excluding hydrogens is 274 g/mol. The quantitative estimate of drug-likeness (QED) is 0.709. The molecule has 0 spiro atoms. The third kappa shape index (κ3) is 3.54. The highest BCUT2D eigenvalue weighted by atomic mass is 35.5. The third-order valence-corrected chi connectivity index (χ3v) is 3.86. The molecule has 4 heteroatoms. The number of fused-ring (bicyclic) bond motifs is 1. The lowest BCUT2D eigenvalue weighted by Crippen LogP contribution is -2.12. The Morgan fingerprint density at radius 1 is 1.30 bits per heavy atom. The van der Waals surface area contributed by atoms with Gasteiger partial charge in [-0.2, -0.15) is 0 Å². The van der Waals surface area contributed by atoms with Crippen LogP contribution in [0.2, 0.25) is 5.02 Å². The number of hydrogen-bond donors (Lipinski definition) is 2. The van der Waals surface area contributed by atoms with E-state index >= 15 is 0 Å². The molecule has 2 N–H and O–H groups in total. The first-order chi connectivity index (χ1) is 9.61. The van der Waals surface area contributed by atoms with Gasteiger partial charge in [0.2, 0.25) is 0 Å². The van der Waals surface area contributed by atoms with E-state index in [4.69, 9.17) is 11.6 Å². The number of benzene rings is 1. The number of aromatic nitrogens is 1. The topological polar surface area (TPSA) is 53.1 Å². The fraction of sp³-hybridized carbons (Fsp3) is 0.438. The van der Waals surface area contributed by atoms with E-state index in [9.17, 15) is 9.90 Å². The predicted octanol–water partition coefficient (Wildman–Crippen LogP) is 4.96. The van der Waals surface area contributed by atoms with Crippen molar-refractivity contribution in [3.63, 3.8) is 0 Å². The summed E-state index contributed by atoms with van der Waals surface area (Å²) in [4.78, 5) is 14.7. The molecule has 3 nitrogen and oxygen atoms in total. The molecule has 0 radical (unpaired) electrons. The molecule has 0 amide bonds.